The molecule has 0 radical (unpaired) electrons. The van der Waals surface area contributed by atoms with Gasteiger partial charge in [0.25, 0.3) is 0 Å². The number of amides is 3. The Morgan fingerprint density at radius 3 is 2.62 bits per heavy atom. The highest BCUT2D eigenvalue weighted by Crippen LogP contribution is 2.21. The Hall–Kier alpha value is -1.80. The van der Waals surface area contributed by atoms with Crippen molar-refractivity contribution in [3.8, 4) is 0 Å². The highest BCUT2D eigenvalue weighted by molar-refractivity contribution is 7.16. The molecule has 1 heterocycles. The lowest BCUT2D eigenvalue weighted by Gasteiger charge is -2.14. The third-order valence-electron chi connectivity index (χ3n) is 2.57. The molecule has 21 heavy (non-hydrogen) atoms. The molecule has 0 saturated carbocycles. The highest BCUT2D eigenvalue weighted by Gasteiger charge is 2.20. The van der Waals surface area contributed by atoms with Crippen molar-refractivity contribution in [1.82, 2.24) is 10.6 Å². The minimum atomic E-state index is -1.21. The second-order valence-electron chi connectivity index (χ2n) is 4.25. The zero-order valence-corrected chi connectivity index (χ0v) is 12.7. The number of nitrogens with two attached hydrogens (primary N) is 1. The van der Waals surface area contributed by atoms with Crippen molar-refractivity contribution in [2.24, 2.45) is 5.73 Å². The lowest BCUT2D eigenvalue weighted by molar-refractivity contribution is -0.139. The Labute approximate surface area is 130 Å². The molecule has 1 rings (SSSR count). The van der Waals surface area contributed by atoms with Crippen molar-refractivity contribution in [3.05, 3.63) is 21.3 Å². The third-order valence-corrected chi connectivity index (χ3v) is 3.86. The first kappa shape index (κ1) is 17.3. The average molecular weight is 334 g/mol. The standard InChI is InChI=1S/C12H16ClN3O4S/c13-9-3-1-7(21-9)5-6-15-12(20)16-8(11(18)19)2-4-10(14)17/h1,3,8H,2,4-6H2,(H2,14,17)(H,18,19)(H2,15,16,20). The number of carboxylic acids is 1. The molecule has 1 aromatic heterocycles. The summed E-state index contributed by atoms with van der Waals surface area (Å²) in [5.41, 5.74) is 4.95. The monoisotopic (exact) mass is 333 g/mol. The Kier molecular flexibility index (Phi) is 6.97. The Morgan fingerprint density at radius 2 is 2.10 bits per heavy atom. The van der Waals surface area contributed by atoms with Crippen molar-refractivity contribution in [3.63, 3.8) is 0 Å². The lowest BCUT2D eigenvalue weighted by Crippen LogP contribution is -2.46. The maximum atomic E-state index is 11.6. The fraction of sp³-hybridized carbons (Fsp3) is 0.417. The predicted molar refractivity (Wildman–Crippen MR) is 79.4 cm³/mol. The molecule has 0 fully saturated rings. The fourth-order valence-electron chi connectivity index (χ4n) is 1.54. The van der Waals surface area contributed by atoms with Crippen LogP contribution in [0.4, 0.5) is 4.79 Å². The molecule has 1 unspecified atom stereocenters. The lowest BCUT2D eigenvalue weighted by atomic mass is 10.1. The topological polar surface area (TPSA) is 122 Å². The van der Waals surface area contributed by atoms with Gasteiger partial charge in [0.15, 0.2) is 0 Å². The molecule has 0 bridgehead atoms. The van der Waals surface area contributed by atoms with Crippen molar-refractivity contribution < 1.29 is 19.5 Å². The van der Waals surface area contributed by atoms with Gasteiger partial charge in [-0.05, 0) is 25.0 Å². The molecule has 0 spiro atoms. The number of urea groups is 1. The second kappa shape index (κ2) is 8.48. The van der Waals surface area contributed by atoms with E-state index in [0.717, 1.165) is 4.88 Å². The summed E-state index contributed by atoms with van der Waals surface area (Å²) in [5, 5.41) is 13.8. The number of halogens is 1. The highest BCUT2D eigenvalue weighted by atomic mass is 35.5. The molecular weight excluding hydrogens is 318 g/mol. The Morgan fingerprint density at radius 1 is 1.38 bits per heavy atom. The number of aliphatic carboxylic acids is 1. The molecule has 116 valence electrons. The summed E-state index contributed by atoms with van der Waals surface area (Å²) in [7, 11) is 0. The quantitative estimate of drug-likeness (QED) is 0.566. The van der Waals surface area contributed by atoms with E-state index in [0.29, 0.717) is 17.3 Å². The number of primary amides is 1. The molecule has 0 aliphatic rings. The van der Waals surface area contributed by atoms with E-state index in [1.54, 1.807) is 6.07 Å². The third kappa shape index (κ3) is 6.96. The molecule has 0 aliphatic heterocycles. The number of carbonyl (C=O) groups excluding carboxylic acids is 2. The minimum absolute atomic E-state index is 0.0430. The van der Waals surface area contributed by atoms with Crippen LogP contribution in [-0.4, -0.2) is 35.6 Å². The van der Waals surface area contributed by atoms with Crippen LogP contribution in [0.5, 0.6) is 0 Å². The molecule has 0 aliphatic carbocycles. The van der Waals surface area contributed by atoms with E-state index < -0.39 is 23.9 Å². The van der Waals surface area contributed by atoms with Crippen LogP contribution >= 0.6 is 22.9 Å². The van der Waals surface area contributed by atoms with Crippen LogP contribution in [0.25, 0.3) is 0 Å². The fourth-order valence-corrected chi connectivity index (χ4v) is 2.63. The number of carboxylic acid groups (broad SMARTS) is 1. The number of rotatable bonds is 8. The van der Waals surface area contributed by atoms with Crippen molar-refractivity contribution >= 4 is 40.8 Å². The maximum absolute atomic E-state index is 11.6. The molecule has 0 aromatic carbocycles. The summed E-state index contributed by atoms with van der Waals surface area (Å²) in [6.45, 7) is 0.352. The van der Waals surface area contributed by atoms with E-state index in [9.17, 15) is 14.4 Å². The maximum Gasteiger partial charge on any atom is 0.326 e. The van der Waals surface area contributed by atoms with E-state index in [1.165, 1.54) is 11.3 Å². The molecule has 3 amide bonds. The van der Waals surface area contributed by atoms with E-state index in [4.69, 9.17) is 22.4 Å². The Bertz CT molecular complexity index is 520. The molecular formula is C12H16ClN3O4S. The number of nitrogens with one attached hydrogen (secondary N) is 2. The summed E-state index contributed by atoms with van der Waals surface area (Å²) < 4.78 is 0.673. The van der Waals surface area contributed by atoms with Gasteiger partial charge < -0.3 is 21.5 Å². The van der Waals surface area contributed by atoms with Crippen LogP contribution in [0, 0.1) is 0 Å². The van der Waals surface area contributed by atoms with Gasteiger partial charge in [-0.25, -0.2) is 9.59 Å². The molecule has 1 aromatic rings. The van der Waals surface area contributed by atoms with Crippen LogP contribution in [0.2, 0.25) is 4.34 Å². The smallest absolute Gasteiger partial charge is 0.326 e. The largest absolute Gasteiger partial charge is 0.480 e. The first-order chi connectivity index (χ1) is 9.88. The summed E-state index contributed by atoms with van der Waals surface area (Å²) in [6, 6.07) is 1.88. The number of hydrogen-bond acceptors (Lipinski definition) is 4. The molecule has 0 saturated heterocycles. The summed E-state index contributed by atoms with van der Waals surface area (Å²) >= 11 is 7.20. The SMILES string of the molecule is NC(=O)CCC(NC(=O)NCCc1ccc(Cl)s1)C(=O)O. The zero-order chi connectivity index (χ0) is 15.8. The van der Waals surface area contributed by atoms with Gasteiger partial charge in [-0.1, -0.05) is 11.6 Å². The summed E-state index contributed by atoms with van der Waals surface area (Å²) in [4.78, 5) is 34.2. The molecule has 1 atom stereocenters. The van der Waals surface area contributed by atoms with Gasteiger partial charge in [-0.3, -0.25) is 4.79 Å². The minimum Gasteiger partial charge on any atom is -0.480 e. The van der Waals surface area contributed by atoms with Crippen LogP contribution < -0.4 is 16.4 Å². The second-order valence-corrected chi connectivity index (χ2v) is 6.05. The molecule has 5 N–H and O–H groups in total. The van der Waals surface area contributed by atoms with E-state index >= 15 is 0 Å². The van der Waals surface area contributed by atoms with Crippen molar-refractivity contribution in [2.75, 3.05) is 6.54 Å². The van der Waals surface area contributed by atoms with Crippen molar-refractivity contribution in [2.45, 2.75) is 25.3 Å². The first-order valence-electron chi connectivity index (χ1n) is 6.18. The van der Waals surface area contributed by atoms with Crippen LogP contribution in [0.1, 0.15) is 17.7 Å². The predicted octanol–water partition coefficient (Wildman–Crippen LogP) is 0.962. The van der Waals surface area contributed by atoms with Crippen LogP contribution in [0.15, 0.2) is 12.1 Å². The normalized spacial score (nSPS) is 11.7. The molecule has 9 heteroatoms. The summed E-state index contributed by atoms with van der Waals surface area (Å²) in [6.07, 6.45) is 0.452. The van der Waals surface area contributed by atoms with Gasteiger partial charge in [0.1, 0.15) is 6.04 Å². The van der Waals surface area contributed by atoms with Gasteiger partial charge in [0.05, 0.1) is 4.34 Å². The van der Waals surface area contributed by atoms with Gasteiger partial charge in [-0.15, -0.1) is 11.3 Å². The average Bonchev–Trinajstić information content (AvgIpc) is 2.79. The van der Waals surface area contributed by atoms with Gasteiger partial charge in [0, 0.05) is 17.8 Å². The van der Waals surface area contributed by atoms with Gasteiger partial charge in [0.2, 0.25) is 5.91 Å². The number of thiophene rings is 1. The number of hydrogen-bond donors (Lipinski definition) is 4. The van der Waals surface area contributed by atoms with Gasteiger partial charge >= 0.3 is 12.0 Å². The Balaban J connectivity index is 2.32. The zero-order valence-electron chi connectivity index (χ0n) is 11.1. The van der Waals surface area contributed by atoms with Gasteiger partial charge in [-0.2, -0.15) is 0 Å². The van der Waals surface area contributed by atoms with E-state index in [-0.39, 0.29) is 12.8 Å². The van der Waals surface area contributed by atoms with Crippen molar-refractivity contribution in [1.29, 1.82) is 0 Å². The van der Waals surface area contributed by atoms with E-state index in [1.807, 2.05) is 6.07 Å². The van der Waals surface area contributed by atoms with Crippen LogP contribution in [0.3, 0.4) is 0 Å². The number of carbonyl (C=O) groups is 3. The summed E-state index contributed by atoms with van der Waals surface area (Å²) in [5.74, 6) is -1.82. The van der Waals surface area contributed by atoms with E-state index in [2.05, 4.69) is 10.6 Å². The first-order valence-corrected chi connectivity index (χ1v) is 7.37. The van der Waals surface area contributed by atoms with Crippen LogP contribution in [-0.2, 0) is 16.0 Å². The molecule has 7 nitrogen and oxygen atoms in total.